The molecule has 0 bridgehead atoms. The molecule has 9 nitrogen and oxygen atoms in total. The molecule has 2 aliphatic heterocycles. The highest BCUT2D eigenvalue weighted by Crippen LogP contribution is 2.32. The lowest BCUT2D eigenvalue weighted by atomic mass is 10.0. The zero-order valence-corrected chi connectivity index (χ0v) is 19.9. The number of methoxy groups -OCH3 is 2. The normalized spacial score (nSPS) is 16.5. The Labute approximate surface area is 200 Å². The summed E-state index contributed by atoms with van der Waals surface area (Å²) in [5.74, 6) is -0.478. The maximum absolute atomic E-state index is 12.7. The van der Waals surface area contributed by atoms with E-state index in [9.17, 15) is 9.59 Å². The monoisotopic (exact) mass is 468 g/mol. The van der Waals surface area contributed by atoms with Gasteiger partial charge in [-0.05, 0) is 35.7 Å². The summed E-state index contributed by atoms with van der Waals surface area (Å²) in [4.78, 5) is 29.9. The van der Waals surface area contributed by atoms with E-state index in [1.165, 1.54) is 25.5 Å². The van der Waals surface area contributed by atoms with Crippen LogP contribution in [0.4, 0.5) is 11.4 Å². The first-order valence-corrected chi connectivity index (χ1v) is 11.5. The minimum absolute atomic E-state index is 0.0526. The van der Waals surface area contributed by atoms with E-state index in [4.69, 9.17) is 14.2 Å². The van der Waals surface area contributed by atoms with E-state index in [-0.39, 0.29) is 6.04 Å². The van der Waals surface area contributed by atoms with Gasteiger partial charge in [-0.1, -0.05) is 12.1 Å². The summed E-state index contributed by atoms with van der Waals surface area (Å²) in [6.45, 7) is 4.15. The number of nitrogens with zero attached hydrogens (tertiary/aromatic N) is 2. The smallest absolute Gasteiger partial charge is 0.313 e. The lowest BCUT2D eigenvalue weighted by molar-refractivity contribution is -0.136. The Bertz CT molecular complexity index is 1040. The Balaban J connectivity index is 1.46. The molecule has 0 saturated carbocycles. The fourth-order valence-electron chi connectivity index (χ4n) is 4.50. The number of anilines is 2. The van der Waals surface area contributed by atoms with Gasteiger partial charge in [0.05, 0.1) is 39.2 Å². The first-order chi connectivity index (χ1) is 16.5. The third-order valence-corrected chi connectivity index (χ3v) is 6.42. The molecule has 182 valence electrons. The minimum Gasteiger partial charge on any atom is -0.497 e. The Morgan fingerprint density at radius 1 is 1.03 bits per heavy atom. The number of benzene rings is 2. The number of rotatable bonds is 7. The number of fused-ring (bicyclic) bond motifs is 1. The predicted octanol–water partition coefficient (Wildman–Crippen LogP) is 1.82. The number of ether oxygens (including phenoxy) is 3. The summed E-state index contributed by atoms with van der Waals surface area (Å²) in [5, 5.41) is 5.45. The third-order valence-electron chi connectivity index (χ3n) is 6.42. The highest BCUT2D eigenvalue weighted by Gasteiger charge is 2.26. The van der Waals surface area contributed by atoms with Crippen molar-refractivity contribution >= 4 is 23.2 Å². The molecule has 1 fully saturated rings. The molecule has 2 aromatic carbocycles. The van der Waals surface area contributed by atoms with Crippen LogP contribution in [0.25, 0.3) is 0 Å². The number of morpholine rings is 1. The van der Waals surface area contributed by atoms with Crippen LogP contribution in [0.2, 0.25) is 0 Å². The van der Waals surface area contributed by atoms with Gasteiger partial charge in [0.25, 0.3) is 0 Å². The van der Waals surface area contributed by atoms with Gasteiger partial charge in [-0.25, -0.2) is 0 Å². The standard InChI is InChI=1S/C25H32N4O5/c1-28-9-8-18-14-17(4-6-21(18)28)22(29-10-12-34-13-11-29)16-26-24(30)25(31)27-20-15-19(32-2)5-7-23(20)33-3/h4-7,14-15,22H,8-13,16H2,1-3H3,(H,26,30)(H,27,31)/t22-/m0/s1. The first-order valence-electron chi connectivity index (χ1n) is 11.5. The van der Waals surface area contributed by atoms with Crippen LogP contribution in [0.1, 0.15) is 17.2 Å². The molecular weight excluding hydrogens is 436 g/mol. The molecule has 9 heteroatoms. The van der Waals surface area contributed by atoms with Crippen LogP contribution in [0, 0.1) is 0 Å². The molecule has 2 heterocycles. The van der Waals surface area contributed by atoms with Crippen LogP contribution in [0.15, 0.2) is 36.4 Å². The molecule has 1 saturated heterocycles. The Morgan fingerprint density at radius 3 is 2.56 bits per heavy atom. The fraction of sp³-hybridized carbons (Fsp3) is 0.440. The number of nitrogens with one attached hydrogen (secondary N) is 2. The van der Waals surface area contributed by atoms with Crippen LogP contribution in [-0.4, -0.2) is 77.4 Å². The molecule has 2 aromatic rings. The predicted molar refractivity (Wildman–Crippen MR) is 130 cm³/mol. The second-order valence-electron chi connectivity index (χ2n) is 8.45. The molecule has 34 heavy (non-hydrogen) atoms. The zero-order valence-electron chi connectivity index (χ0n) is 19.9. The minimum atomic E-state index is -0.761. The zero-order chi connectivity index (χ0) is 24.1. The van der Waals surface area contributed by atoms with Crippen molar-refractivity contribution in [1.82, 2.24) is 10.2 Å². The van der Waals surface area contributed by atoms with Crippen molar-refractivity contribution < 1.29 is 23.8 Å². The van der Waals surface area contributed by atoms with E-state index in [0.29, 0.717) is 36.9 Å². The van der Waals surface area contributed by atoms with E-state index in [2.05, 4.69) is 45.7 Å². The van der Waals surface area contributed by atoms with E-state index in [1.807, 2.05) is 0 Å². The van der Waals surface area contributed by atoms with Gasteiger partial charge in [0.1, 0.15) is 11.5 Å². The molecule has 1 atom stereocenters. The van der Waals surface area contributed by atoms with E-state index >= 15 is 0 Å². The molecule has 0 spiro atoms. The van der Waals surface area contributed by atoms with Crippen molar-refractivity contribution in [3.05, 3.63) is 47.5 Å². The van der Waals surface area contributed by atoms with E-state index in [1.54, 1.807) is 18.2 Å². The summed E-state index contributed by atoms with van der Waals surface area (Å²) < 4.78 is 16.0. The van der Waals surface area contributed by atoms with Crippen LogP contribution in [0.5, 0.6) is 11.5 Å². The SMILES string of the molecule is COc1ccc(OC)c(NC(=O)C(=O)NC[C@@H](c2ccc3c(c2)CCN3C)N2CCOCC2)c1. The fourth-order valence-corrected chi connectivity index (χ4v) is 4.50. The Morgan fingerprint density at radius 2 is 1.82 bits per heavy atom. The Kier molecular flexibility index (Phi) is 7.54. The van der Waals surface area contributed by atoms with Crippen molar-refractivity contribution in [2.24, 2.45) is 0 Å². The number of carbonyl (C=O) groups excluding carboxylic acids is 2. The van der Waals surface area contributed by atoms with Crippen molar-refractivity contribution in [3.63, 3.8) is 0 Å². The molecule has 2 N–H and O–H groups in total. The van der Waals surface area contributed by atoms with Crippen molar-refractivity contribution in [3.8, 4) is 11.5 Å². The molecule has 2 aliphatic rings. The largest absolute Gasteiger partial charge is 0.497 e. The summed E-state index contributed by atoms with van der Waals surface area (Å²) in [6, 6.07) is 11.4. The lowest BCUT2D eigenvalue weighted by Crippen LogP contribution is -2.45. The highest BCUT2D eigenvalue weighted by atomic mass is 16.5. The van der Waals surface area contributed by atoms with Crippen LogP contribution >= 0.6 is 0 Å². The van der Waals surface area contributed by atoms with E-state index in [0.717, 1.165) is 31.6 Å². The molecule has 0 unspecified atom stereocenters. The third kappa shape index (κ3) is 5.26. The van der Waals surface area contributed by atoms with Crippen molar-refractivity contribution in [2.45, 2.75) is 12.5 Å². The quantitative estimate of drug-likeness (QED) is 0.599. The number of hydrogen-bond donors (Lipinski definition) is 2. The summed E-state index contributed by atoms with van der Waals surface area (Å²) in [6.07, 6.45) is 1.01. The molecule has 0 radical (unpaired) electrons. The molecule has 0 aromatic heterocycles. The Hall–Kier alpha value is -3.30. The second kappa shape index (κ2) is 10.8. The van der Waals surface area contributed by atoms with Gasteiger partial charge >= 0.3 is 11.8 Å². The van der Waals surface area contributed by atoms with Crippen LogP contribution in [0.3, 0.4) is 0 Å². The van der Waals surface area contributed by atoms with Gasteiger partial charge < -0.3 is 29.7 Å². The second-order valence-corrected chi connectivity index (χ2v) is 8.45. The summed E-state index contributed by atoms with van der Waals surface area (Å²) >= 11 is 0. The van der Waals surface area contributed by atoms with Crippen LogP contribution in [-0.2, 0) is 20.7 Å². The van der Waals surface area contributed by atoms with Crippen molar-refractivity contribution in [2.75, 3.05) is 70.9 Å². The van der Waals surface area contributed by atoms with Gasteiger partial charge in [-0.2, -0.15) is 0 Å². The number of amides is 2. The maximum Gasteiger partial charge on any atom is 0.313 e. The molecule has 4 rings (SSSR count). The summed E-state index contributed by atoms with van der Waals surface area (Å²) in [5.41, 5.74) is 4.06. The van der Waals surface area contributed by atoms with Gasteiger partial charge in [-0.15, -0.1) is 0 Å². The van der Waals surface area contributed by atoms with E-state index < -0.39 is 11.8 Å². The number of hydrogen-bond acceptors (Lipinski definition) is 7. The maximum atomic E-state index is 12.7. The van der Waals surface area contributed by atoms with Gasteiger partial charge in [-0.3, -0.25) is 14.5 Å². The highest BCUT2D eigenvalue weighted by molar-refractivity contribution is 6.39. The summed E-state index contributed by atoms with van der Waals surface area (Å²) in [7, 11) is 5.13. The first kappa shape index (κ1) is 23.8. The molecule has 2 amide bonds. The van der Waals surface area contributed by atoms with Gasteiger partial charge in [0.2, 0.25) is 0 Å². The topological polar surface area (TPSA) is 92.4 Å². The lowest BCUT2D eigenvalue weighted by Gasteiger charge is -2.35. The van der Waals surface area contributed by atoms with Gasteiger partial charge in [0.15, 0.2) is 0 Å². The average Bonchev–Trinajstić information content (AvgIpc) is 3.24. The van der Waals surface area contributed by atoms with Crippen molar-refractivity contribution in [1.29, 1.82) is 0 Å². The van der Waals surface area contributed by atoms with Crippen LogP contribution < -0.4 is 25.0 Å². The number of likely N-dealkylation sites (N-methyl/N-ethyl adjacent to an activating group) is 1. The molecule has 0 aliphatic carbocycles. The van der Waals surface area contributed by atoms with Gasteiger partial charge in [0, 0.05) is 45.0 Å². The number of carbonyl (C=O) groups is 2. The average molecular weight is 469 g/mol. The molecular formula is C25H32N4O5.